The smallest absolute Gasteiger partial charge is 0.164 e. The lowest BCUT2D eigenvalue weighted by atomic mass is 9.95. The molecule has 0 aliphatic carbocycles. The zero-order chi connectivity index (χ0) is 12.0. The maximum atomic E-state index is 5.98. The molecular formula is C13H17BrO2. The molecular weight excluding hydrogens is 268 g/mol. The summed E-state index contributed by atoms with van der Waals surface area (Å²) in [5, 5.41) is 0. The molecule has 1 aromatic carbocycles. The Balaban J connectivity index is 2.39. The minimum Gasteiger partial charge on any atom is -0.342 e. The fourth-order valence-corrected chi connectivity index (χ4v) is 2.76. The van der Waals surface area contributed by atoms with Crippen molar-refractivity contribution >= 4 is 15.9 Å². The molecule has 3 heteroatoms. The number of rotatable bonds is 1. The van der Waals surface area contributed by atoms with Gasteiger partial charge in [0.15, 0.2) is 5.79 Å². The second-order valence-corrected chi connectivity index (χ2v) is 5.98. The van der Waals surface area contributed by atoms with E-state index in [1.807, 2.05) is 32.0 Å². The maximum absolute atomic E-state index is 5.98. The second-order valence-electron chi connectivity index (χ2n) is 5.12. The van der Waals surface area contributed by atoms with Crippen LogP contribution in [0.1, 0.15) is 39.4 Å². The maximum Gasteiger partial charge on any atom is 0.164 e. The minimum atomic E-state index is -0.524. The third kappa shape index (κ3) is 2.17. The van der Waals surface area contributed by atoms with Crippen LogP contribution in [0.4, 0.5) is 0 Å². The minimum absolute atomic E-state index is 0.0434. The summed E-state index contributed by atoms with van der Waals surface area (Å²) < 4.78 is 13.0. The van der Waals surface area contributed by atoms with Gasteiger partial charge in [0, 0.05) is 4.47 Å². The van der Waals surface area contributed by atoms with Crippen molar-refractivity contribution in [3.05, 3.63) is 34.3 Å². The van der Waals surface area contributed by atoms with Gasteiger partial charge >= 0.3 is 0 Å². The number of halogens is 1. The van der Waals surface area contributed by atoms with Crippen LogP contribution in [0.25, 0.3) is 0 Å². The Bertz CT molecular complexity index is 399. The topological polar surface area (TPSA) is 18.5 Å². The Morgan fingerprint density at radius 3 is 2.25 bits per heavy atom. The Morgan fingerprint density at radius 1 is 1.12 bits per heavy atom. The highest BCUT2D eigenvalue weighted by Gasteiger charge is 2.48. The standard InChI is InChI=1S/C13H17BrO2/c1-12(2)11(15-13(3,4)16-12)9-7-5-6-8-10(9)14/h5-8,11H,1-4H3. The summed E-state index contributed by atoms with van der Waals surface area (Å²) in [6, 6.07) is 8.12. The summed E-state index contributed by atoms with van der Waals surface area (Å²) in [5.74, 6) is -0.524. The lowest BCUT2D eigenvalue weighted by Crippen LogP contribution is -2.28. The summed E-state index contributed by atoms with van der Waals surface area (Å²) in [4.78, 5) is 0. The number of ether oxygens (including phenoxy) is 2. The number of hydrogen-bond acceptors (Lipinski definition) is 2. The molecule has 1 unspecified atom stereocenters. The SMILES string of the molecule is CC1(C)OC(c2ccccc2Br)C(C)(C)O1. The highest BCUT2D eigenvalue weighted by molar-refractivity contribution is 9.10. The van der Waals surface area contributed by atoms with Gasteiger partial charge in [-0.05, 0) is 39.3 Å². The monoisotopic (exact) mass is 284 g/mol. The van der Waals surface area contributed by atoms with E-state index in [2.05, 4.69) is 35.8 Å². The third-order valence-electron chi connectivity index (χ3n) is 2.73. The molecule has 0 aromatic heterocycles. The van der Waals surface area contributed by atoms with E-state index < -0.39 is 5.79 Å². The molecule has 1 saturated heterocycles. The van der Waals surface area contributed by atoms with E-state index in [9.17, 15) is 0 Å². The van der Waals surface area contributed by atoms with Crippen LogP contribution >= 0.6 is 15.9 Å². The van der Waals surface area contributed by atoms with Crippen LogP contribution in [-0.2, 0) is 9.47 Å². The zero-order valence-corrected chi connectivity index (χ0v) is 11.7. The van der Waals surface area contributed by atoms with Gasteiger partial charge in [-0.2, -0.15) is 0 Å². The van der Waals surface area contributed by atoms with Crippen molar-refractivity contribution in [1.82, 2.24) is 0 Å². The molecule has 1 fully saturated rings. The van der Waals surface area contributed by atoms with Crippen LogP contribution in [0.15, 0.2) is 28.7 Å². The van der Waals surface area contributed by atoms with Crippen molar-refractivity contribution in [3.63, 3.8) is 0 Å². The first-order valence-corrected chi connectivity index (χ1v) is 6.23. The average Bonchev–Trinajstić information content (AvgIpc) is 2.35. The van der Waals surface area contributed by atoms with Crippen molar-refractivity contribution in [2.24, 2.45) is 0 Å². The fraction of sp³-hybridized carbons (Fsp3) is 0.538. The van der Waals surface area contributed by atoms with Gasteiger partial charge in [-0.1, -0.05) is 34.1 Å². The van der Waals surface area contributed by atoms with Gasteiger partial charge < -0.3 is 9.47 Å². The third-order valence-corrected chi connectivity index (χ3v) is 3.45. The molecule has 0 radical (unpaired) electrons. The summed E-state index contributed by atoms with van der Waals surface area (Å²) in [5.41, 5.74) is 0.825. The quantitative estimate of drug-likeness (QED) is 0.775. The first-order valence-electron chi connectivity index (χ1n) is 5.44. The molecule has 2 rings (SSSR count). The van der Waals surface area contributed by atoms with Crippen LogP contribution in [0, 0.1) is 0 Å². The van der Waals surface area contributed by atoms with Crippen LogP contribution in [0.2, 0.25) is 0 Å². The van der Waals surface area contributed by atoms with Crippen LogP contribution in [0.5, 0.6) is 0 Å². The fourth-order valence-electron chi connectivity index (χ4n) is 2.26. The average molecular weight is 285 g/mol. The predicted octanol–water partition coefficient (Wildman–Crippen LogP) is 4.05. The highest BCUT2D eigenvalue weighted by Crippen LogP contribution is 2.46. The molecule has 2 nitrogen and oxygen atoms in total. The van der Waals surface area contributed by atoms with E-state index >= 15 is 0 Å². The Morgan fingerprint density at radius 2 is 1.75 bits per heavy atom. The normalized spacial score (nSPS) is 26.9. The molecule has 0 spiro atoms. The predicted molar refractivity (Wildman–Crippen MR) is 67.2 cm³/mol. The van der Waals surface area contributed by atoms with E-state index in [-0.39, 0.29) is 11.7 Å². The van der Waals surface area contributed by atoms with Crippen LogP contribution < -0.4 is 0 Å². The van der Waals surface area contributed by atoms with E-state index in [1.165, 1.54) is 0 Å². The van der Waals surface area contributed by atoms with Gasteiger partial charge in [0.25, 0.3) is 0 Å². The summed E-state index contributed by atoms with van der Waals surface area (Å²) in [7, 11) is 0. The number of benzene rings is 1. The lowest BCUT2D eigenvalue weighted by molar-refractivity contribution is -0.157. The molecule has 88 valence electrons. The van der Waals surface area contributed by atoms with Gasteiger partial charge in [0.05, 0.1) is 5.60 Å². The van der Waals surface area contributed by atoms with Gasteiger partial charge in [-0.15, -0.1) is 0 Å². The molecule has 1 atom stereocenters. The Hall–Kier alpha value is -0.380. The highest BCUT2D eigenvalue weighted by atomic mass is 79.9. The molecule has 1 aliphatic rings. The summed E-state index contributed by atoms with van der Waals surface area (Å²) in [6.45, 7) is 8.02. The van der Waals surface area contributed by atoms with E-state index in [1.54, 1.807) is 0 Å². The van der Waals surface area contributed by atoms with E-state index in [4.69, 9.17) is 9.47 Å². The molecule has 1 aromatic rings. The first kappa shape index (κ1) is 12.1. The second kappa shape index (κ2) is 3.83. The largest absolute Gasteiger partial charge is 0.342 e. The molecule has 1 heterocycles. The molecule has 16 heavy (non-hydrogen) atoms. The van der Waals surface area contributed by atoms with Gasteiger partial charge in [-0.25, -0.2) is 0 Å². The van der Waals surface area contributed by atoms with Crippen molar-refractivity contribution < 1.29 is 9.47 Å². The van der Waals surface area contributed by atoms with Crippen LogP contribution in [0.3, 0.4) is 0 Å². The van der Waals surface area contributed by atoms with Crippen molar-refractivity contribution in [2.75, 3.05) is 0 Å². The van der Waals surface area contributed by atoms with Crippen molar-refractivity contribution in [1.29, 1.82) is 0 Å². The molecule has 1 aliphatic heterocycles. The Kier molecular flexibility index (Phi) is 2.89. The van der Waals surface area contributed by atoms with Crippen molar-refractivity contribution in [2.45, 2.75) is 45.2 Å². The van der Waals surface area contributed by atoms with Crippen LogP contribution in [-0.4, -0.2) is 11.4 Å². The van der Waals surface area contributed by atoms with Crippen molar-refractivity contribution in [3.8, 4) is 0 Å². The summed E-state index contributed by atoms with van der Waals surface area (Å²) >= 11 is 3.56. The lowest BCUT2D eigenvalue weighted by Gasteiger charge is -2.24. The van der Waals surface area contributed by atoms with Gasteiger partial charge in [0.1, 0.15) is 6.10 Å². The number of hydrogen-bond donors (Lipinski definition) is 0. The van der Waals surface area contributed by atoms with E-state index in [0.717, 1.165) is 10.0 Å². The molecule has 0 amide bonds. The molecule has 0 saturated carbocycles. The zero-order valence-electron chi connectivity index (χ0n) is 10.1. The molecule has 0 N–H and O–H groups in total. The Labute approximate surface area is 105 Å². The van der Waals surface area contributed by atoms with E-state index in [0.29, 0.717) is 0 Å². The summed E-state index contributed by atoms with van der Waals surface area (Å²) in [6.07, 6.45) is -0.0434. The first-order chi connectivity index (χ1) is 7.32. The van der Waals surface area contributed by atoms with Gasteiger partial charge in [-0.3, -0.25) is 0 Å². The molecule has 0 bridgehead atoms. The van der Waals surface area contributed by atoms with Gasteiger partial charge in [0.2, 0.25) is 0 Å².